The standard InChI is InChI=1S/C15H23NOS/c1-12(11-16-13-5-3-4-6-13)17-14-7-9-15(18-2)10-8-14/h7-10,12-13,16H,3-6,11H2,1-2H3. The fraction of sp³-hybridized carbons (Fsp3) is 0.600. The molecule has 1 aromatic rings. The molecule has 0 aliphatic heterocycles. The highest BCUT2D eigenvalue weighted by atomic mass is 32.2. The van der Waals surface area contributed by atoms with Gasteiger partial charge in [0.25, 0.3) is 0 Å². The maximum absolute atomic E-state index is 5.90. The molecular formula is C15H23NOS. The number of hydrogen-bond acceptors (Lipinski definition) is 3. The summed E-state index contributed by atoms with van der Waals surface area (Å²) in [6.07, 6.45) is 7.73. The Hall–Kier alpha value is -0.670. The molecule has 1 aromatic carbocycles. The summed E-state index contributed by atoms with van der Waals surface area (Å²) in [5, 5.41) is 3.60. The zero-order valence-corrected chi connectivity index (χ0v) is 12.1. The van der Waals surface area contributed by atoms with Crippen molar-refractivity contribution in [2.75, 3.05) is 12.8 Å². The number of ether oxygens (including phenoxy) is 1. The molecule has 0 saturated heterocycles. The van der Waals surface area contributed by atoms with Crippen LogP contribution in [0.15, 0.2) is 29.2 Å². The zero-order chi connectivity index (χ0) is 12.8. The van der Waals surface area contributed by atoms with Crippen LogP contribution in [0.3, 0.4) is 0 Å². The van der Waals surface area contributed by atoms with Gasteiger partial charge in [0.1, 0.15) is 11.9 Å². The molecule has 18 heavy (non-hydrogen) atoms. The molecule has 1 N–H and O–H groups in total. The van der Waals surface area contributed by atoms with Crippen LogP contribution in [-0.2, 0) is 0 Å². The summed E-state index contributed by atoms with van der Waals surface area (Å²) < 4.78 is 5.90. The van der Waals surface area contributed by atoms with Crippen molar-refractivity contribution in [1.82, 2.24) is 5.32 Å². The van der Waals surface area contributed by atoms with Crippen LogP contribution in [0.25, 0.3) is 0 Å². The Morgan fingerprint density at radius 3 is 2.56 bits per heavy atom. The Bertz CT molecular complexity index is 346. The summed E-state index contributed by atoms with van der Waals surface area (Å²) in [6.45, 7) is 3.07. The van der Waals surface area contributed by atoms with E-state index in [4.69, 9.17) is 4.74 Å². The molecule has 1 atom stereocenters. The normalized spacial score (nSPS) is 17.9. The van der Waals surface area contributed by atoms with E-state index in [2.05, 4.69) is 42.8 Å². The molecule has 1 aliphatic rings. The quantitative estimate of drug-likeness (QED) is 0.792. The van der Waals surface area contributed by atoms with Crippen molar-refractivity contribution in [3.05, 3.63) is 24.3 Å². The molecule has 0 aromatic heterocycles. The van der Waals surface area contributed by atoms with Crippen LogP contribution in [-0.4, -0.2) is 24.9 Å². The molecule has 0 heterocycles. The molecule has 1 aliphatic carbocycles. The third kappa shape index (κ3) is 4.21. The molecule has 2 nitrogen and oxygen atoms in total. The Kier molecular flexibility index (Phi) is 5.39. The van der Waals surface area contributed by atoms with Crippen molar-refractivity contribution in [2.24, 2.45) is 0 Å². The van der Waals surface area contributed by atoms with Gasteiger partial charge in [0.15, 0.2) is 0 Å². The van der Waals surface area contributed by atoms with Crippen molar-refractivity contribution < 1.29 is 4.74 Å². The van der Waals surface area contributed by atoms with E-state index in [0.717, 1.165) is 18.3 Å². The highest BCUT2D eigenvalue weighted by Crippen LogP contribution is 2.20. The Morgan fingerprint density at radius 2 is 1.94 bits per heavy atom. The number of hydrogen-bond donors (Lipinski definition) is 1. The molecule has 100 valence electrons. The Balaban J connectivity index is 1.73. The second-order valence-corrected chi connectivity index (χ2v) is 5.87. The summed E-state index contributed by atoms with van der Waals surface area (Å²) in [7, 11) is 0. The SMILES string of the molecule is CSc1ccc(OC(C)CNC2CCCC2)cc1. The molecule has 1 saturated carbocycles. The highest BCUT2D eigenvalue weighted by Gasteiger charge is 2.15. The van der Waals surface area contributed by atoms with Crippen molar-refractivity contribution in [2.45, 2.75) is 49.6 Å². The minimum Gasteiger partial charge on any atom is -0.489 e. The molecule has 0 bridgehead atoms. The van der Waals surface area contributed by atoms with Crippen LogP contribution < -0.4 is 10.1 Å². The van der Waals surface area contributed by atoms with E-state index in [1.807, 2.05) is 0 Å². The van der Waals surface area contributed by atoms with Crippen molar-refractivity contribution in [3.8, 4) is 5.75 Å². The highest BCUT2D eigenvalue weighted by molar-refractivity contribution is 7.98. The summed E-state index contributed by atoms with van der Waals surface area (Å²) >= 11 is 1.76. The monoisotopic (exact) mass is 265 g/mol. The van der Waals surface area contributed by atoms with Crippen molar-refractivity contribution in [3.63, 3.8) is 0 Å². The number of thioether (sulfide) groups is 1. The van der Waals surface area contributed by atoms with Gasteiger partial charge in [0.05, 0.1) is 0 Å². The molecule has 3 heteroatoms. The van der Waals surface area contributed by atoms with E-state index < -0.39 is 0 Å². The maximum atomic E-state index is 5.90. The second kappa shape index (κ2) is 7.05. The lowest BCUT2D eigenvalue weighted by atomic mass is 10.2. The third-order valence-electron chi connectivity index (χ3n) is 3.45. The van der Waals surface area contributed by atoms with Gasteiger partial charge in [-0.3, -0.25) is 0 Å². The summed E-state index contributed by atoms with van der Waals surface area (Å²) in [5.41, 5.74) is 0. The number of benzene rings is 1. The van der Waals surface area contributed by atoms with Crippen molar-refractivity contribution >= 4 is 11.8 Å². The fourth-order valence-corrected chi connectivity index (χ4v) is 2.80. The second-order valence-electron chi connectivity index (χ2n) is 4.99. The van der Waals surface area contributed by atoms with Crippen LogP contribution in [0.4, 0.5) is 0 Å². The number of rotatable bonds is 6. The van der Waals surface area contributed by atoms with Gasteiger partial charge in [0, 0.05) is 17.5 Å². The predicted octanol–water partition coefficient (Wildman–Crippen LogP) is 3.71. The molecule has 1 fully saturated rings. The predicted molar refractivity (Wildman–Crippen MR) is 78.6 cm³/mol. The molecule has 1 unspecified atom stereocenters. The van der Waals surface area contributed by atoms with E-state index in [-0.39, 0.29) is 6.10 Å². The van der Waals surface area contributed by atoms with E-state index in [1.54, 1.807) is 11.8 Å². The van der Waals surface area contributed by atoms with Gasteiger partial charge in [-0.1, -0.05) is 12.8 Å². The van der Waals surface area contributed by atoms with Crippen LogP contribution in [0.5, 0.6) is 5.75 Å². The van der Waals surface area contributed by atoms with Gasteiger partial charge in [-0.05, 0) is 50.3 Å². The maximum Gasteiger partial charge on any atom is 0.119 e. The molecule has 2 rings (SSSR count). The van der Waals surface area contributed by atoms with Gasteiger partial charge in [-0.15, -0.1) is 11.8 Å². The van der Waals surface area contributed by atoms with E-state index >= 15 is 0 Å². The van der Waals surface area contributed by atoms with Crippen molar-refractivity contribution in [1.29, 1.82) is 0 Å². The molecule has 0 radical (unpaired) electrons. The average Bonchev–Trinajstić information content (AvgIpc) is 2.90. The first-order valence-corrected chi connectivity index (χ1v) is 8.04. The minimum atomic E-state index is 0.228. The number of nitrogens with one attached hydrogen (secondary N) is 1. The van der Waals surface area contributed by atoms with Crippen LogP contribution in [0.2, 0.25) is 0 Å². The zero-order valence-electron chi connectivity index (χ0n) is 11.3. The van der Waals surface area contributed by atoms with E-state index in [1.165, 1.54) is 30.6 Å². The van der Waals surface area contributed by atoms with Gasteiger partial charge in [-0.25, -0.2) is 0 Å². The molecule has 0 amide bonds. The molecular weight excluding hydrogens is 242 g/mol. The first kappa shape index (κ1) is 13.8. The smallest absolute Gasteiger partial charge is 0.119 e. The summed E-state index contributed by atoms with van der Waals surface area (Å²) in [5.74, 6) is 0.966. The lowest BCUT2D eigenvalue weighted by Gasteiger charge is -2.18. The van der Waals surface area contributed by atoms with Crippen LogP contribution in [0.1, 0.15) is 32.6 Å². The Labute approximate surface area is 114 Å². The Morgan fingerprint density at radius 1 is 1.28 bits per heavy atom. The van der Waals surface area contributed by atoms with E-state index in [9.17, 15) is 0 Å². The fourth-order valence-electron chi connectivity index (χ4n) is 2.39. The van der Waals surface area contributed by atoms with Gasteiger partial charge < -0.3 is 10.1 Å². The molecule has 0 spiro atoms. The topological polar surface area (TPSA) is 21.3 Å². The van der Waals surface area contributed by atoms with E-state index in [0.29, 0.717) is 0 Å². The lowest BCUT2D eigenvalue weighted by Crippen LogP contribution is -2.35. The third-order valence-corrected chi connectivity index (χ3v) is 4.19. The van der Waals surface area contributed by atoms with Gasteiger partial charge in [-0.2, -0.15) is 0 Å². The van der Waals surface area contributed by atoms with Crippen LogP contribution in [0, 0.1) is 0 Å². The largest absolute Gasteiger partial charge is 0.489 e. The lowest BCUT2D eigenvalue weighted by molar-refractivity contribution is 0.211. The van der Waals surface area contributed by atoms with Crippen LogP contribution >= 0.6 is 11.8 Å². The van der Waals surface area contributed by atoms with Gasteiger partial charge in [0.2, 0.25) is 0 Å². The first-order valence-electron chi connectivity index (χ1n) is 6.82. The average molecular weight is 265 g/mol. The summed E-state index contributed by atoms with van der Waals surface area (Å²) in [6, 6.07) is 9.04. The van der Waals surface area contributed by atoms with Gasteiger partial charge >= 0.3 is 0 Å². The minimum absolute atomic E-state index is 0.228. The first-order chi connectivity index (χ1) is 8.78. The summed E-state index contributed by atoms with van der Waals surface area (Å²) in [4.78, 5) is 1.28.